The topological polar surface area (TPSA) is 49.7 Å². The molecule has 1 aliphatic heterocycles. The van der Waals surface area contributed by atoms with Crippen LogP contribution in [0.25, 0.3) is 0 Å². The second-order valence-corrected chi connectivity index (χ2v) is 4.94. The molecule has 3 heteroatoms. The highest BCUT2D eigenvalue weighted by molar-refractivity contribution is 5.18. The van der Waals surface area contributed by atoms with Crippen LogP contribution in [0.4, 0.5) is 0 Å². The molecule has 0 bridgehead atoms. The molecule has 16 heavy (non-hydrogen) atoms. The first kappa shape index (κ1) is 13.5. The third-order valence-corrected chi connectivity index (χ3v) is 3.79. The molecule has 0 unspecified atom stereocenters. The van der Waals surface area contributed by atoms with E-state index in [9.17, 15) is 10.2 Å². The van der Waals surface area contributed by atoms with E-state index >= 15 is 0 Å². The molecular weight excluding hydrogens is 204 g/mol. The molecule has 2 N–H and O–H groups in total. The fourth-order valence-electron chi connectivity index (χ4n) is 2.19. The minimum atomic E-state index is -0.453. The smallest absolute Gasteiger partial charge is 0.103 e. The molecule has 0 saturated heterocycles. The maximum absolute atomic E-state index is 10.1. The molecule has 1 aliphatic rings. The monoisotopic (exact) mass is 228 g/mol. The number of rotatable bonds is 3. The number of aliphatic hydroxyl groups is 2. The van der Waals surface area contributed by atoms with Crippen molar-refractivity contribution in [2.24, 2.45) is 11.8 Å². The lowest BCUT2D eigenvalue weighted by Gasteiger charge is -2.37. The van der Waals surface area contributed by atoms with Crippen molar-refractivity contribution in [3.63, 3.8) is 0 Å². The standard InChI is InChI=1S/C13H24O3/c1-6-11(14)8(3)13-9(4)12(15)7(2)10(5)16-13/h7-8,10-12,14-15H,6H2,1-5H3/t7-,8-,10+,11+,12-/m0/s1. The van der Waals surface area contributed by atoms with Crippen LogP contribution < -0.4 is 0 Å². The van der Waals surface area contributed by atoms with Gasteiger partial charge in [0.05, 0.1) is 12.2 Å². The summed E-state index contributed by atoms with van der Waals surface area (Å²) in [5.41, 5.74) is 0.866. The Morgan fingerprint density at radius 3 is 2.44 bits per heavy atom. The first-order valence-electron chi connectivity index (χ1n) is 6.13. The lowest BCUT2D eigenvalue weighted by molar-refractivity contribution is -0.0274. The summed E-state index contributed by atoms with van der Waals surface area (Å²) in [5.74, 6) is 0.830. The maximum Gasteiger partial charge on any atom is 0.103 e. The highest BCUT2D eigenvalue weighted by Gasteiger charge is 2.34. The van der Waals surface area contributed by atoms with Crippen molar-refractivity contribution in [3.05, 3.63) is 11.3 Å². The average Bonchev–Trinajstić information content (AvgIpc) is 2.29. The summed E-state index contributed by atoms with van der Waals surface area (Å²) < 4.78 is 5.83. The van der Waals surface area contributed by atoms with Crippen molar-refractivity contribution in [3.8, 4) is 0 Å². The van der Waals surface area contributed by atoms with Gasteiger partial charge in [0, 0.05) is 11.8 Å². The van der Waals surface area contributed by atoms with Crippen LogP contribution in [0.15, 0.2) is 11.3 Å². The van der Waals surface area contributed by atoms with E-state index in [-0.39, 0.29) is 17.9 Å². The summed E-state index contributed by atoms with van der Waals surface area (Å²) in [6.07, 6.45) is -0.162. The van der Waals surface area contributed by atoms with Crippen molar-refractivity contribution < 1.29 is 14.9 Å². The van der Waals surface area contributed by atoms with E-state index in [1.54, 1.807) is 0 Å². The summed E-state index contributed by atoms with van der Waals surface area (Å²) in [7, 11) is 0. The minimum absolute atomic E-state index is 0.000191. The highest BCUT2D eigenvalue weighted by atomic mass is 16.5. The molecule has 0 spiro atoms. The van der Waals surface area contributed by atoms with Gasteiger partial charge in [-0.2, -0.15) is 0 Å². The lowest BCUT2D eigenvalue weighted by Crippen LogP contribution is -2.38. The fraction of sp³-hybridized carbons (Fsp3) is 0.846. The predicted octanol–water partition coefficient (Wildman–Crippen LogP) is 2.08. The molecule has 0 fully saturated rings. The van der Waals surface area contributed by atoms with Gasteiger partial charge >= 0.3 is 0 Å². The summed E-state index contributed by atoms with van der Waals surface area (Å²) in [6, 6.07) is 0. The summed E-state index contributed by atoms with van der Waals surface area (Å²) in [4.78, 5) is 0. The molecule has 0 aromatic rings. The Labute approximate surface area is 98.1 Å². The van der Waals surface area contributed by atoms with Gasteiger partial charge in [0.2, 0.25) is 0 Å². The summed E-state index contributed by atoms with van der Waals surface area (Å²) in [5, 5.41) is 19.9. The Morgan fingerprint density at radius 2 is 1.94 bits per heavy atom. The molecule has 94 valence electrons. The van der Waals surface area contributed by atoms with Crippen LogP contribution in [0.3, 0.4) is 0 Å². The van der Waals surface area contributed by atoms with Crippen LogP contribution in [0.2, 0.25) is 0 Å². The first-order valence-corrected chi connectivity index (χ1v) is 6.13. The Hall–Kier alpha value is -0.540. The third kappa shape index (κ3) is 2.41. The van der Waals surface area contributed by atoms with Crippen molar-refractivity contribution in [2.45, 2.75) is 59.4 Å². The Morgan fingerprint density at radius 1 is 1.38 bits per heavy atom. The molecule has 5 atom stereocenters. The van der Waals surface area contributed by atoms with Crippen LogP contribution >= 0.6 is 0 Å². The number of aliphatic hydroxyl groups excluding tert-OH is 2. The van der Waals surface area contributed by atoms with Gasteiger partial charge in [0.25, 0.3) is 0 Å². The molecule has 3 nitrogen and oxygen atoms in total. The predicted molar refractivity (Wildman–Crippen MR) is 63.9 cm³/mol. The van der Waals surface area contributed by atoms with Crippen LogP contribution in [-0.4, -0.2) is 28.5 Å². The second-order valence-electron chi connectivity index (χ2n) is 4.94. The van der Waals surface area contributed by atoms with E-state index in [4.69, 9.17) is 4.74 Å². The average molecular weight is 228 g/mol. The van der Waals surface area contributed by atoms with E-state index < -0.39 is 12.2 Å². The largest absolute Gasteiger partial charge is 0.494 e. The molecule has 0 saturated carbocycles. The zero-order chi connectivity index (χ0) is 12.5. The minimum Gasteiger partial charge on any atom is -0.494 e. The van der Waals surface area contributed by atoms with Crippen LogP contribution in [0, 0.1) is 11.8 Å². The summed E-state index contributed by atoms with van der Waals surface area (Å²) in [6.45, 7) is 9.73. The van der Waals surface area contributed by atoms with Gasteiger partial charge in [-0.25, -0.2) is 0 Å². The van der Waals surface area contributed by atoms with E-state index in [0.29, 0.717) is 6.42 Å². The maximum atomic E-state index is 10.1. The lowest BCUT2D eigenvalue weighted by atomic mass is 9.86. The van der Waals surface area contributed by atoms with E-state index in [1.165, 1.54) is 0 Å². The first-order chi connectivity index (χ1) is 7.40. The Kier molecular flexibility index (Phi) is 4.39. The van der Waals surface area contributed by atoms with Crippen LogP contribution in [-0.2, 0) is 4.74 Å². The van der Waals surface area contributed by atoms with Gasteiger partial charge in [-0.3, -0.25) is 0 Å². The Bertz CT molecular complexity index is 272. The molecule has 0 aromatic carbocycles. The second kappa shape index (κ2) is 5.19. The van der Waals surface area contributed by atoms with Crippen molar-refractivity contribution in [2.75, 3.05) is 0 Å². The zero-order valence-corrected chi connectivity index (χ0v) is 10.9. The van der Waals surface area contributed by atoms with Gasteiger partial charge in [0.1, 0.15) is 11.9 Å². The van der Waals surface area contributed by atoms with Gasteiger partial charge < -0.3 is 14.9 Å². The molecule has 0 aliphatic carbocycles. The molecule has 1 rings (SSSR count). The molecule has 1 heterocycles. The number of hydrogen-bond donors (Lipinski definition) is 2. The molecular formula is C13H24O3. The van der Waals surface area contributed by atoms with Gasteiger partial charge in [0.15, 0.2) is 0 Å². The number of ether oxygens (including phenoxy) is 1. The molecule has 0 aromatic heterocycles. The quantitative estimate of drug-likeness (QED) is 0.777. The summed E-state index contributed by atoms with van der Waals surface area (Å²) >= 11 is 0. The third-order valence-electron chi connectivity index (χ3n) is 3.79. The fourth-order valence-corrected chi connectivity index (χ4v) is 2.19. The van der Waals surface area contributed by atoms with Crippen LogP contribution in [0.5, 0.6) is 0 Å². The molecule has 0 amide bonds. The Balaban J connectivity index is 2.94. The van der Waals surface area contributed by atoms with Crippen molar-refractivity contribution in [1.29, 1.82) is 0 Å². The molecule has 0 radical (unpaired) electrons. The van der Waals surface area contributed by atoms with Crippen LogP contribution in [0.1, 0.15) is 41.0 Å². The normalized spacial score (nSPS) is 34.6. The zero-order valence-electron chi connectivity index (χ0n) is 10.9. The van der Waals surface area contributed by atoms with Gasteiger partial charge in [-0.15, -0.1) is 0 Å². The van der Waals surface area contributed by atoms with E-state index in [2.05, 4.69) is 0 Å². The highest BCUT2D eigenvalue weighted by Crippen LogP contribution is 2.33. The van der Waals surface area contributed by atoms with Crippen molar-refractivity contribution >= 4 is 0 Å². The van der Waals surface area contributed by atoms with E-state index in [0.717, 1.165) is 11.3 Å². The van der Waals surface area contributed by atoms with Gasteiger partial charge in [-0.05, 0) is 25.8 Å². The van der Waals surface area contributed by atoms with Crippen molar-refractivity contribution in [1.82, 2.24) is 0 Å². The van der Waals surface area contributed by atoms with Gasteiger partial charge in [-0.1, -0.05) is 20.8 Å². The SMILES string of the molecule is CC[C@@H](O)[C@H](C)C1=C(C)[C@@H](O)[C@@H](C)[C@@H](C)O1. The number of hydrogen-bond acceptors (Lipinski definition) is 3. The van der Waals surface area contributed by atoms with E-state index in [1.807, 2.05) is 34.6 Å².